The number of carbonyl (C=O) groups is 2. The van der Waals surface area contributed by atoms with E-state index in [4.69, 9.17) is 28.8 Å². The Bertz CT molecular complexity index is 1010. The Balaban J connectivity index is 1.58. The van der Waals surface area contributed by atoms with Crippen LogP contribution >= 0.6 is 0 Å². The van der Waals surface area contributed by atoms with Crippen LogP contribution in [0.1, 0.15) is 91.9 Å². The van der Waals surface area contributed by atoms with Crippen LogP contribution in [-0.4, -0.2) is 152 Å². The van der Waals surface area contributed by atoms with E-state index in [1.165, 1.54) is 6.92 Å². The summed E-state index contributed by atoms with van der Waals surface area (Å²) in [7, 11) is 0. The van der Waals surface area contributed by atoms with Gasteiger partial charge in [0.2, 0.25) is 5.91 Å². The van der Waals surface area contributed by atoms with Gasteiger partial charge in [-0.15, -0.1) is 0 Å². The zero-order valence-corrected chi connectivity index (χ0v) is 29.0. The Labute approximate surface area is 287 Å². The first-order chi connectivity index (χ1) is 23.1. The van der Waals surface area contributed by atoms with Crippen LogP contribution in [-0.2, 0) is 33.3 Å². The summed E-state index contributed by atoms with van der Waals surface area (Å²) in [5.41, 5.74) is -0.653. The van der Waals surface area contributed by atoms with Crippen LogP contribution < -0.4 is 5.32 Å². The summed E-state index contributed by atoms with van der Waals surface area (Å²) in [4.78, 5) is 23.5. The number of nitrogens with one attached hydrogen (secondary N) is 1. The zero-order valence-electron chi connectivity index (χ0n) is 29.0. The lowest BCUT2D eigenvalue weighted by Gasteiger charge is -2.51. The Morgan fingerprint density at radius 2 is 1.29 bits per heavy atom. The lowest BCUT2D eigenvalue weighted by Crippen LogP contribution is -2.69. The van der Waals surface area contributed by atoms with Gasteiger partial charge in [0, 0.05) is 12.8 Å². The smallest absolute Gasteiger partial charge is 0.303 e. The molecule has 0 bridgehead atoms. The lowest BCUT2D eigenvalue weighted by atomic mass is 9.79. The maximum Gasteiger partial charge on any atom is 0.303 e. The van der Waals surface area contributed by atoms with E-state index in [1.807, 2.05) is 20.8 Å². The Kier molecular flexibility index (Phi) is 16.5. The second kappa shape index (κ2) is 19.3. The highest BCUT2D eigenvalue weighted by molar-refractivity contribution is 5.76. The van der Waals surface area contributed by atoms with Gasteiger partial charge in [-0.2, -0.15) is 0 Å². The van der Waals surface area contributed by atoms with Crippen molar-refractivity contribution in [1.29, 1.82) is 0 Å². The number of rotatable bonds is 17. The summed E-state index contributed by atoms with van der Waals surface area (Å²) in [6.07, 6.45) is -10.0. The number of amides is 1. The average molecular weight is 710 g/mol. The van der Waals surface area contributed by atoms with Crippen LogP contribution in [0.2, 0.25) is 0 Å². The van der Waals surface area contributed by atoms with Gasteiger partial charge in [0.25, 0.3) is 0 Å². The van der Waals surface area contributed by atoms with E-state index < -0.39 is 104 Å². The number of aliphatic hydroxyl groups excluding tert-OH is 7. The van der Waals surface area contributed by atoms with Crippen molar-refractivity contribution in [3.63, 3.8) is 0 Å². The molecule has 3 heterocycles. The van der Waals surface area contributed by atoms with E-state index >= 15 is 0 Å². The van der Waals surface area contributed by atoms with Crippen molar-refractivity contribution in [3.8, 4) is 0 Å². The molecular formula is C33H59NO15. The molecular weight excluding hydrogens is 650 g/mol. The van der Waals surface area contributed by atoms with E-state index in [1.54, 1.807) is 0 Å². The van der Waals surface area contributed by atoms with Gasteiger partial charge < -0.3 is 69.9 Å². The largest absolute Gasteiger partial charge is 0.481 e. The van der Waals surface area contributed by atoms with Crippen LogP contribution in [0, 0.1) is 5.41 Å². The van der Waals surface area contributed by atoms with Crippen molar-refractivity contribution in [2.45, 2.75) is 178 Å². The summed E-state index contributed by atoms with van der Waals surface area (Å²) in [6, 6.07) is -1.06. The highest BCUT2D eigenvalue weighted by Crippen LogP contribution is 2.37. The molecule has 0 spiro atoms. The number of hydrogen-bond donors (Lipinski definition) is 9. The van der Waals surface area contributed by atoms with Gasteiger partial charge in [0.15, 0.2) is 12.6 Å². The van der Waals surface area contributed by atoms with Crippen LogP contribution in [0.5, 0.6) is 0 Å². The molecule has 0 aliphatic carbocycles. The van der Waals surface area contributed by atoms with Crippen molar-refractivity contribution in [3.05, 3.63) is 0 Å². The predicted molar refractivity (Wildman–Crippen MR) is 171 cm³/mol. The monoisotopic (exact) mass is 709 g/mol. The van der Waals surface area contributed by atoms with Crippen molar-refractivity contribution >= 4 is 11.9 Å². The van der Waals surface area contributed by atoms with Gasteiger partial charge in [0.05, 0.1) is 31.5 Å². The summed E-state index contributed by atoms with van der Waals surface area (Å²) < 4.78 is 29.1. The minimum absolute atomic E-state index is 0.189. The molecule has 3 fully saturated rings. The normalized spacial score (nSPS) is 38.7. The van der Waals surface area contributed by atoms with E-state index in [0.29, 0.717) is 12.8 Å². The van der Waals surface area contributed by atoms with Crippen LogP contribution in [0.3, 0.4) is 0 Å². The van der Waals surface area contributed by atoms with Crippen molar-refractivity contribution in [2.75, 3.05) is 13.2 Å². The maximum atomic E-state index is 12.9. The number of unbranched alkanes of at least 4 members (excludes halogenated alkanes) is 7. The number of carboxylic acid groups (broad SMARTS) is 1. The Hall–Kier alpha value is -1.54. The fourth-order valence-corrected chi connectivity index (χ4v) is 6.53. The zero-order chi connectivity index (χ0) is 36.5. The second-order valence-corrected chi connectivity index (χ2v) is 14.6. The minimum Gasteiger partial charge on any atom is -0.481 e. The fourth-order valence-electron chi connectivity index (χ4n) is 6.53. The molecule has 1 amide bonds. The number of carbonyl (C=O) groups excluding carboxylic acids is 1. The maximum absolute atomic E-state index is 12.9. The second-order valence-electron chi connectivity index (χ2n) is 14.6. The summed E-state index contributed by atoms with van der Waals surface area (Å²) >= 11 is 0. The third-order valence-corrected chi connectivity index (χ3v) is 9.44. The molecule has 49 heavy (non-hydrogen) atoms. The van der Waals surface area contributed by atoms with Crippen LogP contribution in [0.4, 0.5) is 0 Å². The molecule has 0 aromatic carbocycles. The third kappa shape index (κ3) is 11.7. The predicted octanol–water partition coefficient (Wildman–Crippen LogP) is -0.700. The molecule has 0 saturated carbocycles. The molecule has 3 saturated heterocycles. The fraction of sp³-hybridized carbons (Fsp3) is 0.939. The van der Waals surface area contributed by atoms with E-state index in [2.05, 4.69) is 5.32 Å². The summed E-state index contributed by atoms with van der Waals surface area (Å²) in [5.74, 6) is -1.12. The SMILES string of the molecule is C[C@H]1O[C@@H](OC2C(O)C(NC(=O)CCCCCCCCCCC(=O)O)[C@@H](CO)O[C@H]2C(C)(C)C)C(O)C(O)C1O[C@@H]1OC[C@@H](O)C(O)C1O. The van der Waals surface area contributed by atoms with Crippen molar-refractivity contribution in [2.24, 2.45) is 5.41 Å². The molecule has 0 aromatic rings. The number of carboxylic acids is 1. The molecule has 286 valence electrons. The topological polar surface area (TPSA) is 254 Å². The van der Waals surface area contributed by atoms with Gasteiger partial charge in [0.1, 0.15) is 54.9 Å². The van der Waals surface area contributed by atoms with Gasteiger partial charge in [-0.3, -0.25) is 9.59 Å². The quantitative estimate of drug-likeness (QED) is 0.0847. The minimum atomic E-state index is -1.71. The highest BCUT2D eigenvalue weighted by atomic mass is 16.7. The standard InChI is InChI=1S/C33H59NO15/c1-17-28(48-31-26(43)23(40)18(36)16-45-31)25(42)27(44)32(46-17)49-29-24(41)22(19(15-35)47-30(29)33(2,3)4)34-20(37)13-11-9-7-5-6-8-10-12-14-21(38)39/h17-19,22-32,35-36,40-44H,5-16H2,1-4H3,(H,34,37)(H,38,39)/t17-,18-,19-,22?,23?,24?,25?,26?,27?,28?,29?,30-,31+,32+/m1/s1. The van der Waals surface area contributed by atoms with Gasteiger partial charge >= 0.3 is 5.97 Å². The first-order valence-electron chi connectivity index (χ1n) is 17.5. The molecule has 0 radical (unpaired) electrons. The van der Waals surface area contributed by atoms with Gasteiger partial charge in [-0.1, -0.05) is 59.3 Å². The number of ether oxygens (including phenoxy) is 5. The van der Waals surface area contributed by atoms with E-state index in [-0.39, 0.29) is 25.4 Å². The lowest BCUT2D eigenvalue weighted by molar-refractivity contribution is -0.361. The van der Waals surface area contributed by atoms with E-state index in [0.717, 1.165) is 38.5 Å². The number of aliphatic carboxylic acids is 1. The van der Waals surface area contributed by atoms with E-state index in [9.17, 15) is 45.3 Å². The highest BCUT2D eigenvalue weighted by Gasteiger charge is 2.54. The van der Waals surface area contributed by atoms with Crippen molar-refractivity contribution < 1.29 is 74.1 Å². The number of aliphatic hydroxyl groups is 7. The first kappa shape index (κ1) is 41.9. The average Bonchev–Trinajstić information content (AvgIpc) is 3.03. The third-order valence-electron chi connectivity index (χ3n) is 9.44. The molecule has 16 nitrogen and oxygen atoms in total. The van der Waals surface area contributed by atoms with Crippen LogP contribution in [0.15, 0.2) is 0 Å². The Morgan fingerprint density at radius 1 is 0.735 bits per heavy atom. The van der Waals surface area contributed by atoms with Crippen molar-refractivity contribution in [1.82, 2.24) is 5.32 Å². The van der Waals surface area contributed by atoms with Gasteiger partial charge in [-0.25, -0.2) is 0 Å². The van der Waals surface area contributed by atoms with Crippen LogP contribution in [0.25, 0.3) is 0 Å². The summed E-state index contributed by atoms with van der Waals surface area (Å²) in [5, 5.41) is 85.2. The molecule has 3 rings (SSSR count). The Morgan fingerprint density at radius 3 is 1.86 bits per heavy atom. The molecule has 3 aliphatic heterocycles. The number of hydrogen-bond acceptors (Lipinski definition) is 14. The molecule has 16 heteroatoms. The first-order valence-corrected chi connectivity index (χ1v) is 17.5. The molecule has 8 unspecified atom stereocenters. The molecule has 0 aromatic heterocycles. The molecule has 9 N–H and O–H groups in total. The molecule has 14 atom stereocenters. The summed E-state index contributed by atoms with van der Waals surface area (Å²) in [6.45, 7) is 6.22. The van der Waals surface area contributed by atoms with Gasteiger partial charge in [-0.05, 0) is 25.2 Å². The molecule has 3 aliphatic rings.